The summed E-state index contributed by atoms with van der Waals surface area (Å²) in [6, 6.07) is 2.13. The van der Waals surface area contributed by atoms with E-state index in [-0.39, 0.29) is 32.5 Å². The smallest absolute Gasteiger partial charge is 0.340 e. The molecule has 1 aromatic carbocycles. The molecule has 0 saturated carbocycles. The molecular weight excluding hydrogens is 347 g/mol. The third-order valence-corrected chi connectivity index (χ3v) is 4.87. The summed E-state index contributed by atoms with van der Waals surface area (Å²) >= 11 is 11.7. The van der Waals surface area contributed by atoms with Crippen molar-refractivity contribution in [2.75, 3.05) is 0 Å². The molecule has 1 unspecified atom stereocenters. The Bertz CT molecular complexity index is 626. The summed E-state index contributed by atoms with van der Waals surface area (Å²) in [5, 5.41) is -0.158. The third-order valence-electron chi connectivity index (χ3n) is 2.73. The van der Waals surface area contributed by atoms with Crippen LogP contribution >= 0.6 is 33.9 Å². The molecule has 112 valence electrons. The van der Waals surface area contributed by atoms with Crippen LogP contribution in [0.5, 0.6) is 0 Å². The minimum atomic E-state index is -4.02. The van der Waals surface area contributed by atoms with Crippen LogP contribution in [-0.4, -0.2) is 20.5 Å². The second-order valence-corrected chi connectivity index (χ2v) is 7.91. The Hall–Kier alpha value is -0.490. The fourth-order valence-corrected chi connectivity index (χ4v) is 2.48. The third kappa shape index (κ3) is 4.25. The summed E-state index contributed by atoms with van der Waals surface area (Å²) in [5.74, 6) is -0.645. The Morgan fingerprint density at radius 3 is 2.20 bits per heavy atom. The number of halogens is 3. The molecule has 0 N–H and O–H groups in total. The van der Waals surface area contributed by atoms with Crippen molar-refractivity contribution in [2.45, 2.75) is 31.8 Å². The summed E-state index contributed by atoms with van der Waals surface area (Å²) < 4.78 is 27.8. The molecule has 0 amide bonds. The lowest BCUT2D eigenvalue weighted by molar-refractivity contribution is 0.0238. The normalized spacial score (nSPS) is 13.3. The topological polar surface area (TPSA) is 60.4 Å². The minimum absolute atomic E-state index is 0.0725. The van der Waals surface area contributed by atoms with Gasteiger partial charge in [-0.1, -0.05) is 37.0 Å². The van der Waals surface area contributed by atoms with E-state index in [1.54, 1.807) is 6.92 Å². The number of hydrogen-bond acceptors (Lipinski definition) is 4. The molecular formula is C12H13Cl3O4S. The van der Waals surface area contributed by atoms with Crippen molar-refractivity contribution in [1.29, 1.82) is 0 Å². The molecule has 0 spiro atoms. The average Bonchev–Trinajstić information content (AvgIpc) is 2.30. The summed E-state index contributed by atoms with van der Waals surface area (Å²) in [5.41, 5.74) is -0.133. The van der Waals surface area contributed by atoms with Crippen LogP contribution < -0.4 is 0 Å². The van der Waals surface area contributed by atoms with Crippen molar-refractivity contribution in [3.63, 3.8) is 0 Å². The summed E-state index contributed by atoms with van der Waals surface area (Å²) in [6.45, 7) is 5.48. The second kappa shape index (κ2) is 6.52. The number of hydrogen-bond donors (Lipinski definition) is 0. The Morgan fingerprint density at radius 2 is 1.75 bits per heavy atom. The maximum absolute atomic E-state index is 12.0. The van der Waals surface area contributed by atoms with Crippen molar-refractivity contribution in [1.82, 2.24) is 0 Å². The summed E-state index contributed by atoms with van der Waals surface area (Å²) in [4.78, 5) is 11.7. The van der Waals surface area contributed by atoms with Crippen LogP contribution in [0, 0.1) is 5.92 Å². The van der Waals surface area contributed by atoms with Crippen LogP contribution in [0.15, 0.2) is 17.0 Å². The molecule has 4 nitrogen and oxygen atoms in total. The van der Waals surface area contributed by atoms with Crippen LogP contribution in [0.1, 0.15) is 31.1 Å². The van der Waals surface area contributed by atoms with Gasteiger partial charge in [-0.15, -0.1) is 0 Å². The van der Waals surface area contributed by atoms with Gasteiger partial charge in [-0.2, -0.15) is 0 Å². The zero-order valence-electron chi connectivity index (χ0n) is 11.0. The first-order chi connectivity index (χ1) is 9.04. The Balaban J connectivity index is 3.24. The van der Waals surface area contributed by atoms with Gasteiger partial charge in [0.25, 0.3) is 9.05 Å². The standard InChI is InChI=1S/C12H13Cl3O4S/c1-6(2)7(3)19-12(16)9-4-8(20(15,17)18)5-10(13)11(9)14/h4-7H,1-3H3. The molecule has 1 rings (SSSR count). The van der Waals surface area contributed by atoms with Crippen LogP contribution in [0.25, 0.3) is 0 Å². The zero-order chi connectivity index (χ0) is 15.7. The fraction of sp³-hybridized carbons (Fsp3) is 0.417. The van der Waals surface area contributed by atoms with Gasteiger partial charge >= 0.3 is 5.97 Å². The predicted octanol–water partition coefficient (Wildman–Crippen LogP) is 4.12. The van der Waals surface area contributed by atoms with Crippen LogP contribution in [0.4, 0.5) is 0 Å². The van der Waals surface area contributed by atoms with Crippen molar-refractivity contribution in [3.8, 4) is 0 Å². The van der Waals surface area contributed by atoms with Gasteiger partial charge in [0.2, 0.25) is 0 Å². The highest BCUT2D eigenvalue weighted by atomic mass is 35.7. The van der Waals surface area contributed by atoms with Crippen molar-refractivity contribution in [2.24, 2.45) is 5.92 Å². The molecule has 0 aliphatic heterocycles. The first-order valence-corrected chi connectivity index (χ1v) is 8.75. The lowest BCUT2D eigenvalue weighted by atomic mass is 10.1. The Kier molecular flexibility index (Phi) is 5.72. The van der Waals surface area contributed by atoms with Gasteiger partial charge in [-0.05, 0) is 25.0 Å². The SMILES string of the molecule is CC(C)C(C)OC(=O)c1cc(S(=O)(=O)Cl)cc(Cl)c1Cl. The number of benzene rings is 1. The molecule has 0 saturated heterocycles. The minimum Gasteiger partial charge on any atom is -0.459 e. The van der Waals surface area contributed by atoms with E-state index in [9.17, 15) is 13.2 Å². The first kappa shape index (κ1) is 17.6. The maximum Gasteiger partial charge on any atom is 0.340 e. The van der Waals surface area contributed by atoms with Gasteiger partial charge in [0.05, 0.1) is 20.5 Å². The Labute approximate surface area is 132 Å². The second-order valence-electron chi connectivity index (χ2n) is 4.56. The van der Waals surface area contributed by atoms with Gasteiger partial charge in [0.1, 0.15) is 6.10 Å². The molecule has 1 atom stereocenters. The van der Waals surface area contributed by atoms with Crippen LogP contribution in [-0.2, 0) is 13.8 Å². The molecule has 0 aliphatic carbocycles. The van der Waals surface area contributed by atoms with Crippen LogP contribution in [0.2, 0.25) is 10.0 Å². The molecule has 0 radical (unpaired) electrons. The molecule has 1 aromatic rings. The maximum atomic E-state index is 12.0. The van der Waals surface area contributed by atoms with E-state index >= 15 is 0 Å². The lowest BCUT2D eigenvalue weighted by Gasteiger charge is -2.17. The van der Waals surface area contributed by atoms with E-state index in [1.807, 2.05) is 13.8 Å². The van der Waals surface area contributed by atoms with Gasteiger partial charge in [0, 0.05) is 10.7 Å². The van der Waals surface area contributed by atoms with E-state index in [1.165, 1.54) is 0 Å². The monoisotopic (exact) mass is 358 g/mol. The highest BCUT2D eigenvalue weighted by molar-refractivity contribution is 8.13. The van der Waals surface area contributed by atoms with Crippen molar-refractivity contribution >= 4 is 48.9 Å². The molecule has 0 aliphatic rings. The number of rotatable bonds is 4. The molecule has 0 bridgehead atoms. The fourth-order valence-electron chi connectivity index (χ4n) is 1.22. The van der Waals surface area contributed by atoms with Crippen molar-refractivity contribution < 1.29 is 17.9 Å². The quantitative estimate of drug-likeness (QED) is 0.599. The van der Waals surface area contributed by atoms with Gasteiger partial charge in [0.15, 0.2) is 0 Å². The average molecular weight is 360 g/mol. The number of esters is 1. The molecule has 8 heteroatoms. The van der Waals surface area contributed by atoms with E-state index < -0.39 is 15.0 Å². The largest absolute Gasteiger partial charge is 0.459 e. The van der Waals surface area contributed by atoms with Gasteiger partial charge in [-0.25, -0.2) is 13.2 Å². The molecule has 20 heavy (non-hydrogen) atoms. The Morgan fingerprint density at radius 1 is 1.20 bits per heavy atom. The van der Waals surface area contributed by atoms with E-state index in [0.717, 1.165) is 12.1 Å². The molecule has 0 heterocycles. The van der Waals surface area contributed by atoms with E-state index in [4.69, 9.17) is 38.6 Å². The predicted molar refractivity (Wildman–Crippen MR) is 79.2 cm³/mol. The van der Waals surface area contributed by atoms with Crippen molar-refractivity contribution in [3.05, 3.63) is 27.7 Å². The number of carbonyl (C=O) groups excluding carboxylic acids is 1. The highest BCUT2D eigenvalue weighted by Crippen LogP contribution is 2.31. The zero-order valence-corrected chi connectivity index (χ0v) is 14.1. The van der Waals surface area contributed by atoms with Gasteiger partial charge < -0.3 is 4.74 Å². The number of ether oxygens (including phenoxy) is 1. The van der Waals surface area contributed by atoms with E-state index in [0.29, 0.717) is 0 Å². The first-order valence-electron chi connectivity index (χ1n) is 5.68. The number of carbonyl (C=O) groups is 1. The molecule has 0 aromatic heterocycles. The summed E-state index contributed by atoms with van der Waals surface area (Å²) in [7, 11) is 1.21. The lowest BCUT2D eigenvalue weighted by Crippen LogP contribution is -2.20. The highest BCUT2D eigenvalue weighted by Gasteiger charge is 2.22. The van der Waals surface area contributed by atoms with Crippen LogP contribution in [0.3, 0.4) is 0 Å². The molecule has 0 fully saturated rings. The van der Waals surface area contributed by atoms with E-state index in [2.05, 4.69) is 0 Å². The van der Waals surface area contributed by atoms with Gasteiger partial charge in [-0.3, -0.25) is 0 Å². The summed E-state index contributed by atoms with van der Waals surface area (Å²) in [6.07, 6.45) is -0.353.